The van der Waals surface area contributed by atoms with E-state index in [1.54, 1.807) is 11.1 Å². The molecule has 4 rings (SSSR count). The van der Waals surface area contributed by atoms with Gasteiger partial charge in [-0.05, 0) is 83.9 Å². The fraction of sp³-hybridized carbons (Fsp3) is 0.423. The van der Waals surface area contributed by atoms with Gasteiger partial charge >= 0.3 is 5.97 Å². The van der Waals surface area contributed by atoms with Crippen LogP contribution in [-0.2, 0) is 15.6 Å². The minimum absolute atomic E-state index is 0.263. The zero-order valence-electron chi connectivity index (χ0n) is 17.5. The predicted molar refractivity (Wildman–Crippen MR) is 116 cm³/mol. The van der Waals surface area contributed by atoms with Crippen LogP contribution in [0.3, 0.4) is 0 Å². The molecule has 0 saturated heterocycles. The van der Waals surface area contributed by atoms with Gasteiger partial charge in [-0.3, -0.25) is 0 Å². The van der Waals surface area contributed by atoms with Crippen molar-refractivity contribution in [1.29, 1.82) is 0 Å². The van der Waals surface area contributed by atoms with E-state index < -0.39 is 0 Å². The number of hydrogen-bond acceptors (Lipinski definition) is 2. The smallest absolute Gasteiger partial charge is 0.338 e. The second kappa shape index (κ2) is 6.92. The summed E-state index contributed by atoms with van der Waals surface area (Å²) in [5.74, 6) is -0.263. The van der Waals surface area contributed by atoms with Gasteiger partial charge in [0, 0.05) is 0 Å². The minimum Gasteiger partial charge on any atom is -0.462 e. The highest BCUT2D eigenvalue weighted by Gasteiger charge is 2.49. The highest BCUT2D eigenvalue weighted by molar-refractivity contribution is 5.90. The van der Waals surface area contributed by atoms with E-state index in [1.165, 1.54) is 36.8 Å². The van der Waals surface area contributed by atoms with Crippen LogP contribution in [-0.4, -0.2) is 12.6 Å². The van der Waals surface area contributed by atoms with Crippen molar-refractivity contribution in [3.8, 4) is 0 Å². The third-order valence-corrected chi connectivity index (χ3v) is 6.82. The summed E-state index contributed by atoms with van der Waals surface area (Å²) < 4.78 is 5.06. The molecule has 0 N–H and O–H groups in total. The lowest BCUT2D eigenvalue weighted by molar-refractivity contribution is 0.0526. The van der Waals surface area contributed by atoms with Crippen LogP contribution in [0, 0.1) is 0 Å². The van der Waals surface area contributed by atoms with Crippen LogP contribution in [0.2, 0.25) is 0 Å². The third kappa shape index (κ3) is 3.19. The third-order valence-electron chi connectivity index (χ3n) is 6.82. The van der Waals surface area contributed by atoms with Crippen molar-refractivity contribution in [2.75, 3.05) is 6.61 Å². The molecule has 2 bridgehead atoms. The maximum absolute atomic E-state index is 11.8. The number of carbonyl (C=O) groups is 1. The zero-order valence-corrected chi connectivity index (χ0v) is 17.5. The van der Waals surface area contributed by atoms with Crippen LogP contribution in [0.1, 0.15) is 86.0 Å². The van der Waals surface area contributed by atoms with Crippen molar-refractivity contribution >= 4 is 17.6 Å². The standard InChI is InChI=1S/C26H30O2/c1-5-28-24(27)20-9-7-19(8-10-20)15-18(2)21-11-12-22-23(16-21)26(4)14-6-13-25(22,3)17-26/h7-12,15-16H,5-6,13-14,17H2,1-4H3. The second-order valence-electron chi connectivity index (χ2n) is 9.08. The van der Waals surface area contributed by atoms with Gasteiger partial charge in [0.2, 0.25) is 0 Å². The molecule has 2 aromatic rings. The molecule has 1 saturated carbocycles. The van der Waals surface area contributed by atoms with E-state index in [4.69, 9.17) is 4.74 Å². The summed E-state index contributed by atoms with van der Waals surface area (Å²) in [6, 6.07) is 14.7. The molecule has 2 aliphatic carbocycles. The molecule has 0 heterocycles. The Kier molecular flexibility index (Phi) is 4.69. The average molecular weight is 375 g/mol. The van der Waals surface area contributed by atoms with Crippen molar-refractivity contribution in [1.82, 2.24) is 0 Å². The lowest BCUT2D eigenvalue weighted by Crippen LogP contribution is -2.29. The second-order valence-corrected chi connectivity index (χ2v) is 9.08. The molecule has 0 aliphatic heterocycles. The van der Waals surface area contributed by atoms with Gasteiger partial charge in [0.25, 0.3) is 0 Å². The molecule has 2 aromatic carbocycles. The molecule has 2 unspecified atom stereocenters. The van der Waals surface area contributed by atoms with E-state index >= 15 is 0 Å². The average Bonchev–Trinajstić information content (AvgIpc) is 2.83. The first-order valence-electron chi connectivity index (χ1n) is 10.5. The molecule has 2 aliphatic rings. The summed E-state index contributed by atoms with van der Waals surface area (Å²) >= 11 is 0. The summed E-state index contributed by atoms with van der Waals surface area (Å²) in [7, 11) is 0. The highest BCUT2D eigenvalue weighted by Crippen LogP contribution is 2.57. The minimum atomic E-state index is -0.263. The number of hydrogen-bond donors (Lipinski definition) is 0. The van der Waals surface area contributed by atoms with Crippen LogP contribution in [0.25, 0.3) is 11.6 Å². The predicted octanol–water partition coefficient (Wildman–Crippen LogP) is 6.53. The molecule has 28 heavy (non-hydrogen) atoms. The summed E-state index contributed by atoms with van der Waals surface area (Å²) in [6.45, 7) is 9.29. The lowest BCUT2D eigenvalue weighted by atomic mass is 9.69. The number of allylic oxidation sites excluding steroid dienone is 1. The number of fused-ring (bicyclic) bond motifs is 5. The molecule has 1 fully saturated rings. The van der Waals surface area contributed by atoms with Crippen molar-refractivity contribution in [3.63, 3.8) is 0 Å². The van der Waals surface area contributed by atoms with Crippen molar-refractivity contribution in [2.45, 2.75) is 64.2 Å². The normalized spacial score (nSPS) is 26.1. The Bertz CT molecular complexity index is 937. The molecule has 146 valence electrons. The molecule has 2 atom stereocenters. The lowest BCUT2D eigenvalue weighted by Gasteiger charge is -2.35. The first-order valence-corrected chi connectivity index (χ1v) is 10.5. The Morgan fingerprint density at radius 2 is 1.64 bits per heavy atom. The van der Waals surface area contributed by atoms with Gasteiger partial charge in [0.15, 0.2) is 0 Å². The van der Waals surface area contributed by atoms with Crippen LogP contribution in [0.4, 0.5) is 0 Å². The van der Waals surface area contributed by atoms with Gasteiger partial charge < -0.3 is 4.74 Å². The van der Waals surface area contributed by atoms with Gasteiger partial charge in [-0.2, -0.15) is 0 Å². The summed E-state index contributed by atoms with van der Waals surface area (Å²) in [5.41, 5.74) is 8.08. The summed E-state index contributed by atoms with van der Waals surface area (Å²) in [4.78, 5) is 11.8. The molecule has 0 radical (unpaired) electrons. The first kappa shape index (κ1) is 19.0. The van der Waals surface area contributed by atoms with Gasteiger partial charge in [0.1, 0.15) is 0 Å². The Hall–Kier alpha value is -2.35. The number of benzene rings is 2. The topological polar surface area (TPSA) is 26.3 Å². The van der Waals surface area contributed by atoms with Gasteiger partial charge in [0.05, 0.1) is 12.2 Å². The van der Waals surface area contributed by atoms with Crippen LogP contribution in [0.15, 0.2) is 42.5 Å². The maximum Gasteiger partial charge on any atom is 0.338 e. The molecule has 0 aromatic heterocycles. The Balaban J connectivity index is 1.62. The largest absolute Gasteiger partial charge is 0.462 e. The SMILES string of the molecule is CCOC(=O)c1ccc(C=C(C)c2ccc3c(c2)C2(C)CCCC3(C)C2)cc1. The first-order chi connectivity index (χ1) is 13.3. The van der Waals surface area contributed by atoms with Crippen LogP contribution >= 0.6 is 0 Å². The Morgan fingerprint density at radius 3 is 2.32 bits per heavy atom. The van der Waals surface area contributed by atoms with Crippen LogP contribution in [0.5, 0.6) is 0 Å². The fourth-order valence-corrected chi connectivity index (χ4v) is 5.44. The van der Waals surface area contributed by atoms with E-state index in [2.05, 4.69) is 45.0 Å². The van der Waals surface area contributed by atoms with E-state index in [0.29, 0.717) is 23.0 Å². The van der Waals surface area contributed by atoms with E-state index in [0.717, 1.165) is 5.56 Å². The molecule has 2 heteroatoms. The number of rotatable bonds is 4. The Morgan fingerprint density at radius 1 is 1.00 bits per heavy atom. The van der Waals surface area contributed by atoms with E-state index in [9.17, 15) is 4.79 Å². The molecular formula is C26H30O2. The number of ether oxygens (including phenoxy) is 1. The van der Waals surface area contributed by atoms with Gasteiger partial charge in [-0.1, -0.05) is 56.7 Å². The molecular weight excluding hydrogens is 344 g/mol. The number of esters is 1. The van der Waals surface area contributed by atoms with Gasteiger partial charge in [-0.25, -0.2) is 4.79 Å². The molecule has 0 spiro atoms. The van der Waals surface area contributed by atoms with E-state index in [-0.39, 0.29) is 5.97 Å². The quantitative estimate of drug-likeness (QED) is 0.449. The molecule has 0 amide bonds. The van der Waals surface area contributed by atoms with Crippen molar-refractivity contribution in [3.05, 3.63) is 70.3 Å². The maximum atomic E-state index is 11.8. The van der Waals surface area contributed by atoms with Crippen LogP contribution < -0.4 is 0 Å². The van der Waals surface area contributed by atoms with Crippen molar-refractivity contribution in [2.24, 2.45) is 0 Å². The van der Waals surface area contributed by atoms with Crippen molar-refractivity contribution < 1.29 is 9.53 Å². The monoisotopic (exact) mass is 374 g/mol. The summed E-state index contributed by atoms with van der Waals surface area (Å²) in [6.07, 6.45) is 7.44. The van der Waals surface area contributed by atoms with Gasteiger partial charge in [-0.15, -0.1) is 0 Å². The zero-order chi connectivity index (χ0) is 19.9. The Labute approximate surface area is 168 Å². The highest BCUT2D eigenvalue weighted by atomic mass is 16.5. The molecule has 2 nitrogen and oxygen atoms in total. The summed E-state index contributed by atoms with van der Waals surface area (Å²) in [5, 5.41) is 0. The fourth-order valence-electron chi connectivity index (χ4n) is 5.44. The number of carbonyl (C=O) groups excluding carboxylic acids is 1. The van der Waals surface area contributed by atoms with E-state index in [1.807, 2.05) is 31.2 Å².